The average molecular weight is 410 g/mol. The summed E-state index contributed by atoms with van der Waals surface area (Å²) in [6.45, 7) is 0.110. The maximum atomic E-state index is 12.2. The van der Waals surface area contributed by atoms with Gasteiger partial charge in [-0.3, -0.25) is 4.79 Å². The number of phenolic OH excluding ortho intramolecular Hbond substituents is 2. The number of hydrogen-bond donors (Lipinski definition) is 2. The van der Waals surface area contributed by atoms with Crippen LogP contribution in [0.1, 0.15) is 26.3 Å². The largest absolute Gasteiger partial charge is 0.507 e. The lowest BCUT2D eigenvalue weighted by Crippen LogP contribution is -2.09. The normalized spacial score (nSPS) is 10.3. The van der Waals surface area contributed by atoms with Gasteiger partial charge in [0.2, 0.25) is 0 Å². The Morgan fingerprint density at radius 3 is 2.33 bits per heavy atom. The zero-order valence-corrected chi connectivity index (χ0v) is 15.9. The summed E-state index contributed by atoms with van der Waals surface area (Å²) in [5.74, 6) is -0.0621. The zero-order chi connectivity index (χ0) is 21.5. The maximum Gasteiger partial charge on any atom is 0.343 e. The first-order chi connectivity index (χ1) is 14.5. The van der Waals surface area contributed by atoms with Crippen LogP contribution < -0.4 is 14.4 Å². The number of aldehydes is 1. The van der Waals surface area contributed by atoms with E-state index in [0.29, 0.717) is 17.6 Å². The first-order valence-electron chi connectivity index (χ1n) is 8.76. The molecule has 8 nitrogen and oxygen atoms in total. The summed E-state index contributed by atoms with van der Waals surface area (Å²) < 4.78 is 10.2. The molecule has 30 heavy (non-hydrogen) atoms. The van der Waals surface area contributed by atoms with Gasteiger partial charge in [0.15, 0.2) is 23.5 Å². The SMILES string of the molecule is COc1cc(OOCc2ccc(C(=O)Oc3ccc(O)c(C=O)c3)cc2)ccc1O. The van der Waals surface area contributed by atoms with Gasteiger partial charge in [-0.1, -0.05) is 12.1 Å². The minimum absolute atomic E-state index is 0.0120. The molecule has 0 aliphatic heterocycles. The van der Waals surface area contributed by atoms with Gasteiger partial charge < -0.3 is 24.6 Å². The molecule has 0 saturated carbocycles. The van der Waals surface area contributed by atoms with Gasteiger partial charge in [-0.2, -0.15) is 4.89 Å². The van der Waals surface area contributed by atoms with E-state index < -0.39 is 5.97 Å². The first-order valence-corrected chi connectivity index (χ1v) is 8.76. The van der Waals surface area contributed by atoms with Crippen LogP contribution in [0.3, 0.4) is 0 Å². The minimum atomic E-state index is -0.613. The summed E-state index contributed by atoms with van der Waals surface area (Å²) in [5, 5.41) is 19.0. The molecule has 154 valence electrons. The van der Waals surface area contributed by atoms with Gasteiger partial charge in [-0.15, -0.1) is 0 Å². The quantitative estimate of drug-likeness (QED) is 0.190. The van der Waals surface area contributed by atoms with E-state index in [0.717, 1.165) is 5.56 Å². The van der Waals surface area contributed by atoms with Crippen molar-refractivity contribution in [2.45, 2.75) is 6.61 Å². The van der Waals surface area contributed by atoms with E-state index in [2.05, 4.69) is 0 Å². The van der Waals surface area contributed by atoms with Crippen LogP contribution in [-0.4, -0.2) is 29.6 Å². The van der Waals surface area contributed by atoms with E-state index in [-0.39, 0.29) is 35.2 Å². The topological polar surface area (TPSA) is 112 Å². The molecule has 0 saturated heterocycles. The predicted molar refractivity (Wildman–Crippen MR) is 105 cm³/mol. The standard InChI is InChI=1S/C22H18O8/c1-27-21-11-18(7-9-20(21)25)30-28-13-14-2-4-15(5-3-14)22(26)29-17-6-8-19(24)16(10-17)12-23/h2-12,24-25H,13H2,1H3. The Morgan fingerprint density at radius 1 is 0.933 bits per heavy atom. The molecule has 3 aromatic rings. The summed E-state index contributed by atoms with van der Waals surface area (Å²) in [4.78, 5) is 33.4. The van der Waals surface area contributed by atoms with Crippen molar-refractivity contribution < 1.29 is 39.1 Å². The van der Waals surface area contributed by atoms with Gasteiger partial charge in [0.25, 0.3) is 0 Å². The number of rotatable bonds is 8. The third-order valence-electron chi connectivity index (χ3n) is 4.06. The minimum Gasteiger partial charge on any atom is -0.507 e. The molecular formula is C22H18O8. The molecule has 0 spiro atoms. The molecule has 0 amide bonds. The lowest BCUT2D eigenvalue weighted by atomic mass is 10.1. The predicted octanol–water partition coefficient (Wildman–Crippen LogP) is 3.65. The van der Waals surface area contributed by atoms with Crippen LogP contribution in [0.4, 0.5) is 0 Å². The van der Waals surface area contributed by atoms with Crippen molar-refractivity contribution in [2.24, 2.45) is 0 Å². The molecule has 0 heterocycles. The molecule has 0 aliphatic rings. The van der Waals surface area contributed by atoms with Crippen molar-refractivity contribution in [1.82, 2.24) is 0 Å². The van der Waals surface area contributed by atoms with E-state index in [9.17, 15) is 19.8 Å². The summed E-state index contributed by atoms with van der Waals surface area (Å²) >= 11 is 0. The molecule has 0 aromatic heterocycles. The van der Waals surface area contributed by atoms with E-state index in [1.54, 1.807) is 24.3 Å². The molecular weight excluding hydrogens is 392 g/mol. The van der Waals surface area contributed by atoms with Gasteiger partial charge in [0.05, 0.1) is 18.2 Å². The van der Waals surface area contributed by atoms with Crippen LogP contribution in [0, 0.1) is 0 Å². The van der Waals surface area contributed by atoms with Crippen LogP contribution in [0.5, 0.6) is 28.7 Å². The Labute approximate surface area is 171 Å². The van der Waals surface area contributed by atoms with Crippen molar-refractivity contribution in [2.75, 3.05) is 7.11 Å². The Hall–Kier alpha value is -4.04. The van der Waals surface area contributed by atoms with Gasteiger partial charge >= 0.3 is 5.97 Å². The van der Waals surface area contributed by atoms with Crippen LogP contribution in [0.2, 0.25) is 0 Å². The molecule has 8 heteroatoms. The van der Waals surface area contributed by atoms with Crippen LogP contribution in [-0.2, 0) is 11.5 Å². The molecule has 3 aromatic carbocycles. The van der Waals surface area contributed by atoms with E-state index in [1.807, 2.05) is 0 Å². The Bertz CT molecular complexity index is 1040. The van der Waals surface area contributed by atoms with Gasteiger partial charge in [-0.25, -0.2) is 4.79 Å². The zero-order valence-electron chi connectivity index (χ0n) is 15.9. The first kappa shape index (κ1) is 20.7. The van der Waals surface area contributed by atoms with Crippen molar-refractivity contribution in [3.05, 3.63) is 77.4 Å². The molecule has 0 unspecified atom stereocenters. The van der Waals surface area contributed by atoms with Crippen LogP contribution >= 0.6 is 0 Å². The Morgan fingerprint density at radius 2 is 1.63 bits per heavy atom. The number of carbonyl (C=O) groups excluding carboxylic acids is 2. The number of carbonyl (C=O) groups is 2. The highest BCUT2D eigenvalue weighted by molar-refractivity contribution is 5.91. The van der Waals surface area contributed by atoms with E-state index >= 15 is 0 Å². The number of benzene rings is 3. The van der Waals surface area contributed by atoms with Gasteiger partial charge in [-0.05, 0) is 48.0 Å². The number of hydrogen-bond acceptors (Lipinski definition) is 8. The molecule has 2 N–H and O–H groups in total. The number of ether oxygens (including phenoxy) is 2. The fourth-order valence-electron chi connectivity index (χ4n) is 2.47. The molecule has 0 bridgehead atoms. The third kappa shape index (κ3) is 5.06. The molecule has 0 radical (unpaired) electrons. The van der Waals surface area contributed by atoms with Crippen molar-refractivity contribution in [1.29, 1.82) is 0 Å². The molecule has 3 rings (SSSR count). The summed E-state index contributed by atoms with van der Waals surface area (Å²) in [7, 11) is 1.43. The average Bonchev–Trinajstić information content (AvgIpc) is 2.76. The second-order valence-corrected chi connectivity index (χ2v) is 6.10. The van der Waals surface area contributed by atoms with Gasteiger partial charge in [0, 0.05) is 6.07 Å². The van der Waals surface area contributed by atoms with E-state index in [4.69, 9.17) is 19.2 Å². The number of phenols is 2. The fourth-order valence-corrected chi connectivity index (χ4v) is 2.47. The van der Waals surface area contributed by atoms with Crippen LogP contribution in [0.15, 0.2) is 60.7 Å². The van der Waals surface area contributed by atoms with Crippen LogP contribution in [0.25, 0.3) is 0 Å². The second-order valence-electron chi connectivity index (χ2n) is 6.10. The molecule has 0 aliphatic carbocycles. The maximum absolute atomic E-state index is 12.2. The third-order valence-corrected chi connectivity index (χ3v) is 4.06. The summed E-state index contributed by atoms with van der Waals surface area (Å²) in [5.41, 5.74) is 1.06. The number of methoxy groups -OCH3 is 1. The Balaban J connectivity index is 1.55. The van der Waals surface area contributed by atoms with E-state index in [1.165, 1.54) is 43.5 Å². The smallest absolute Gasteiger partial charge is 0.343 e. The number of aromatic hydroxyl groups is 2. The van der Waals surface area contributed by atoms with Crippen molar-refractivity contribution in [3.63, 3.8) is 0 Å². The lowest BCUT2D eigenvalue weighted by molar-refractivity contribution is -0.217. The molecule has 0 atom stereocenters. The highest BCUT2D eigenvalue weighted by atomic mass is 17.2. The number of esters is 1. The van der Waals surface area contributed by atoms with Crippen molar-refractivity contribution >= 4 is 12.3 Å². The Kier molecular flexibility index (Phi) is 6.51. The summed E-state index contributed by atoms with van der Waals surface area (Å²) in [6, 6.07) is 14.8. The fraction of sp³-hybridized carbons (Fsp3) is 0.0909. The summed E-state index contributed by atoms with van der Waals surface area (Å²) in [6.07, 6.45) is 0.470. The van der Waals surface area contributed by atoms with Gasteiger partial charge in [0.1, 0.15) is 18.1 Å². The highest BCUT2D eigenvalue weighted by Crippen LogP contribution is 2.30. The lowest BCUT2D eigenvalue weighted by Gasteiger charge is -2.08. The monoisotopic (exact) mass is 410 g/mol. The second kappa shape index (κ2) is 9.44. The highest BCUT2D eigenvalue weighted by Gasteiger charge is 2.11. The molecule has 0 fully saturated rings. The van der Waals surface area contributed by atoms with Crippen molar-refractivity contribution in [3.8, 4) is 28.7 Å².